The van der Waals surface area contributed by atoms with E-state index in [0.29, 0.717) is 5.57 Å². The van der Waals surface area contributed by atoms with E-state index in [1.54, 1.807) is 24.3 Å². The van der Waals surface area contributed by atoms with Gasteiger partial charge in [-0.15, -0.1) is 0 Å². The van der Waals surface area contributed by atoms with Gasteiger partial charge in [0.05, 0.1) is 6.07 Å². The van der Waals surface area contributed by atoms with E-state index < -0.39 is 0 Å². The van der Waals surface area contributed by atoms with Crippen molar-refractivity contribution in [2.45, 2.75) is 13.8 Å². The van der Waals surface area contributed by atoms with Gasteiger partial charge in [-0.25, -0.2) is 0 Å². The van der Waals surface area contributed by atoms with Gasteiger partial charge in [-0.3, -0.25) is 0 Å². The lowest BCUT2D eigenvalue weighted by atomic mass is 10.2. The summed E-state index contributed by atoms with van der Waals surface area (Å²) in [6, 6.07) is 2.01. The maximum atomic E-state index is 8.35. The van der Waals surface area contributed by atoms with Crippen LogP contribution in [0.4, 0.5) is 0 Å². The molecular formula is C10H14BrN. The average Bonchev–Trinajstić information content (AvgIpc) is 2.08. The van der Waals surface area contributed by atoms with Crippen molar-refractivity contribution < 1.29 is 0 Å². The molecule has 1 nitrogen and oxygen atoms in total. The second-order valence-corrected chi connectivity index (χ2v) is 2.84. The number of nitriles is 1. The Kier molecular flexibility index (Phi) is 14.7. The summed E-state index contributed by atoms with van der Waals surface area (Å²) in [5, 5.41) is 9.41. The Bertz CT molecular complexity index is 196. The molecule has 0 aromatic heterocycles. The Hall–Kier alpha value is -0.810. The molecule has 0 rings (SSSR count). The molecule has 0 saturated carbocycles. The molecule has 0 bridgehead atoms. The first-order valence-electron chi connectivity index (χ1n) is 3.68. The number of hydrogen-bond acceptors (Lipinski definition) is 1. The largest absolute Gasteiger partial charge is 0.192 e. The summed E-state index contributed by atoms with van der Waals surface area (Å²) in [5.74, 6) is 0. The molecule has 0 saturated heterocycles. The summed E-state index contributed by atoms with van der Waals surface area (Å²) in [4.78, 5) is 0. The molecule has 0 radical (unpaired) electrons. The standard InChI is InChI=1S/C8H9N.C2H5Br/c1-3-5-6-8(4-2)7-9;1-2-3/h3-6H,1H2,2H3;2H2,1H3/b6-5-,8-4+;. The lowest BCUT2D eigenvalue weighted by molar-refractivity contribution is 1.48. The lowest BCUT2D eigenvalue weighted by Crippen LogP contribution is -1.65. The Morgan fingerprint density at radius 2 is 2.17 bits per heavy atom. The summed E-state index contributed by atoms with van der Waals surface area (Å²) >= 11 is 3.15. The van der Waals surface area contributed by atoms with Crippen LogP contribution in [0, 0.1) is 11.3 Å². The summed E-state index contributed by atoms with van der Waals surface area (Å²) in [6.45, 7) is 7.34. The molecule has 2 heteroatoms. The summed E-state index contributed by atoms with van der Waals surface area (Å²) in [7, 11) is 0. The molecule has 0 aromatic rings. The second-order valence-electron chi connectivity index (χ2n) is 1.72. The van der Waals surface area contributed by atoms with Crippen LogP contribution in [0.3, 0.4) is 0 Å². The van der Waals surface area contributed by atoms with Gasteiger partial charge >= 0.3 is 0 Å². The van der Waals surface area contributed by atoms with Crippen molar-refractivity contribution in [3.63, 3.8) is 0 Å². The molecule has 0 heterocycles. The second kappa shape index (κ2) is 12.8. The van der Waals surface area contributed by atoms with Gasteiger partial charge in [0.1, 0.15) is 0 Å². The van der Waals surface area contributed by atoms with E-state index in [1.807, 2.05) is 19.9 Å². The minimum atomic E-state index is 0.662. The highest BCUT2D eigenvalue weighted by Gasteiger charge is 1.79. The number of rotatable bonds is 2. The Balaban J connectivity index is 0. The van der Waals surface area contributed by atoms with E-state index in [-0.39, 0.29) is 0 Å². The van der Waals surface area contributed by atoms with Gasteiger partial charge in [0.25, 0.3) is 0 Å². The van der Waals surface area contributed by atoms with Gasteiger partial charge < -0.3 is 0 Å². The number of alkyl halides is 1. The monoisotopic (exact) mass is 227 g/mol. The minimum absolute atomic E-state index is 0.662. The van der Waals surface area contributed by atoms with Gasteiger partial charge in [0.2, 0.25) is 0 Å². The first-order chi connectivity index (χ1) is 5.76. The Morgan fingerprint density at radius 1 is 1.67 bits per heavy atom. The van der Waals surface area contributed by atoms with Crippen molar-refractivity contribution >= 4 is 15.9 Å². The molecule has 0 unspecified atom stereocenters. The van der Waals surface area contributed by atoms with Crippen molar-refractivity contribution in [1.29, 1.82) is 5.26 Å². The van der Waals surface area contributed by atoms with Crippen molar-refractivity contribution in [2.24, 2.45) is 0 Å². The van der Waals surface area contributed by atoms with Crippen LogP contribution in [0.2, 0.25) is 0 Å². The predicted molar refractivity (Wildman–Crippen MR) is 58.2 cm³/mol. The first-order valence-corrected chi connectivity index (χ1v) is 4.80. The zero-order valence-corrected chi connectivity index (χ0v) is 9.13. The fourth-order valence-corrected chi connectivity index (χ4v) is 0.370. The molecule has 0 fully saturated rings. The maximum Gasteiger partial charge on any atom is 0.0988 e. The van der Waals surface area contributed by atoms with Crippen LogP contribution in [0.25, 0.3) is 0 Å². The fraction of sp³-hybridized carbons (Fsp3) is 0.300. The Morgan fingerprint density at radius 3 is 2.42 bits per heavy atom. The smallest absolute Gasteiger partial charge is 0.0988 e. The number of nitrogens with zero attached hydrogens (tertiary/aromatic N) is 1. The summed E-state index contributed by atoms with van der Waals surface area (Å²) in [6.07, 6.45) is 6.84. The van der Waals surface area contributed by atoms with Gasteiger partial charge in [-0.1, -0.05) is 47.7 Å². The molecule has 0 aliphatic heterocycles. The van der Waals surface area contributed by atoms with E-state index in [1.165, 1.54) is 0 Å². The third-order valence-electron chi connectivity index (χ3n) is 0.852. The first kappa shape index (κ1) is 13.8. The highest BCUT2D eigenvalue weighted by molar-refractivity contribution is 9.09. The van der Waals surface area contributed by atoms with Crippen LogP contribution < -0.4 is 0 Å². The molecule has 0 aromatic carbocycles. The number of hydrogen-bond donors (Lipinski definition) is 0. The molecule has 12 heavy (non-hydrogen) atoms. The van der Waals surface area contributed by atoms with Crippen molar-refractivity contribution in [2.75, 3.05) is 5.33 Å². The molecule has 0 aliphatic rings. The highest BCUT2D eigenvalue weighted by atomic mass is 79.9. The van der Waals surface area contributed by atoms with Crippen LogP contribution >= 0.6 is 15.9 Å². The molecule has 0 aliphatic carbocycles. The van der Waals surface area contributed by atoms with Gasteiger partial charge in [-0.2, -0.15) is 5.26 Å². The van der Waals surface area contributed by atoms with Crippen LogP contribution in [0.1, 0.15) is 13.8 Å². The summed E-state index contributed by atoms with van der Waals surface area (Å²) < 4.78 is 0. The summed E-state index contributed by atoms with van der Waals surface area (Å²) in [5.41, 5.74) is 0.662. The number of allylic oxidation sites excluding steroid dienone is 5. The van der Waals surface area contributed by atoms with Crippen LogP contribution in [0.5, 0.6) is 0 Å². The third kappa shape index (κ3) is 11.9. The third-order valence-corrected chi connectivity index (χ3v) is 0.852. The van der Waals surface area contributed by atoms with Crippen molar-refractivity contribution in [3.8, 4) is 6.07 Å². The van der Waals surface area contributed by atoms with Crippen LogP contribution in [-0.2, 0) is 0 Å². The molecule has 0 spiro atoms. The quantitative estimate of drug-likeness (QED) is 0.402. The predicted octanol–water partition coefficient (Wildman–Crippen LogP) is 3.60. The SMILES string of the molecule is C=C/C=C\C(C#N)=C/C.CCBr. The van der Waals surface area contributed by atoms with Crippen LogP contribution in [0.15, 0.2) is 36.5 Å². The van der Waals surface area contributed by atoms with Gasteiger partial charge in [0, 0.05) is 10.9 Å². The van der Waals surface area contributed by atoms with Crippen molar-refractivity contribution in [3.05, 3.63) is 36.5 Å². The fourth-order valence-electron chi connectivity index (χ4n) is 0.370. The molecule has 0 amide bonds. The molecule has 0 N–H and O–H groups in total. The van der Waals surface area contributed by atoms with Crippen molar-refractivity contribution in [1.82, 2.24) is 0 Å². The number of halogens is 1. The topological polar surface area (TPSA) is 23.8 Å². The molecule has 0 atom stereocenters. The Labute approximate surface area is 83.2 Å². The maximum absolute atomic E-state index is 8.35. The van der Waals surface area contributed by atoms with Gasteiger partial charge in [-0.05, 0) is 13.0 Å². The van der Waals surface area contributed by atoms with Crippen LogP contribution in [-0.4, -0.2) is 5.33 Å². The van der Waals surface area contributed by atoms with E-state index in [2.05, 4.69) is 22.5 Å². The van der Waals surface area contributed by atoms with E-state index in [4.69, 9.17) is 5.26 Å². The normalized spacial score (nSPS) is 10.0. The van der Waals surface area contributed by atoms with Gasteiger partial charge in [0.15, 0.2) is 0 Å². The highest BCUT2D eigenvalue weighted by Crippen LogP contribution is 1.92. The molecule has 66 valence electrons. The average molecular weight is 228 g/mol. The lowest BCUT2D eigenvalue weighted by Gasteiger charge is -1.79. The zero-order chi connectivity index (χ0) is 9.82. The minimum Gasteiger partial charge on any atom is -0.192 e. The van der Waals surface area contributed by atoms with E-state index in [0.717, 1.165) is 5.33 Å². The molecular weight excluding hydrogens is 214 g/mol. The zero-order valence-electron chi connectivity index (χ0n) is 7.55. The van der Waals surface area contributed by atoms with E-state index in [9.17, 15) is 0 Å². The van der Waals surface area contributed by atoms with E-state index >= 15 is 0 Å².